The van der Waals surface area contributed by atoms with Crippen LogP contribution in [0.3, 0.4) is 0 Å². The molecule has 0 aromatic carbocycles. The topological polar surface area (TPSA) is 59.2 Å². The minimum atomic E-state index is -0.0730. The monoisotopic (exact) mass is 249 g/mol. The molecule has 0 fully saturated rings. The summed E-state index contributed by atoms with van der Waals surface area (Å²) in [5, 5.41) is 0. The summed E-state index contributed by atoms with van der Waals surface area (Å²) in [6, 6.07) is 3.70. The van der Waals surface area contributed by atoms with Crippen LogP contribution in [0, 0.1) is 19.3 Å². The lowest BCUT2D eigenvalue weighted by molar-refractivity contribution is 0.0739. The average Bonchev–Trinajstić information content (AvgIpc) is 2.27. The lowest BCUT2D eigenvalue weighted by atomic mass is 9.93. The van der Waals surface area contributed by atoms with Gasteiger partial charge in [-0.05, 0) is 37.9 Å². The highest BCUT2D eigenvalue weighted by Crippen LogP contribution is 2.16. The third kappa shape index (κ3) is 3.53. The maximum Gasteiger partial charge on any atom is 0.255 e. The Labute approximate surface area is 109 Å². The zero-order valence-electron chi connectivity index (χ0n) is 11.9. The Balaban J connectivity index is 2.87. The Hall–Kier alpha value is -1.42. The fourth-order valence-electron chi connectivity index (χ4n) is 1.90. The molecular formula is C14H23N3O. The highest BCUT2D eigenvalue weighted by atomic mass is 16.2. The second-order valence-corrected chi connectivity index (χ2v) is 5.62. The van der Waals surface area contributed by atoms with Crippen LogP contribution < -0.4 is 5.73 Å². The van der Waals surface area contributed by atoms with Gasteiger partial charge in [0, 0.05) is 19.3 Å². The van der Waals surface area contributed by atoms with Crippen molar-refractivity contribution < 1.29 is 4.79 Å². The quantitative estimate of drug-likeness (QED) is 0.884. The molecule has 0 aliphatic carbocycles. The van der Waals surface area contributed by atoms with Gasteiger partial charge >= 0.3 is 0 Å². The second kappa shape index (κ2) is 5.48. The van der Waals surface area contributed by atoms with Gasteiger partial charge in [-0.25, -0.2) is 0 Å². The maximum atomic E-state index is 12.3. The summed E-state index contributed by atoms with van der Waals surface area (Å²) in [6.07, 6.45) is 0. The fourth-order valence-corrected chi connectivity index (χ4v) is 1.90. The predicted molar refractivity (Wildman–Crippen MR) is 73.5 cm³/mol. The molecule has 2 N–H and O–H groups in total. The normalized spacial score (nSPS) is 11.4. The molecule has 0 bridgehead atoms. The van der Waals surface area contributed by atoms with Gasteiger partial charge in [-0.15, -0.1) is 0 Å². The number of nitrogens with zero attached hydrogens (tertiary/aromatic N) is 2. The third-order valence-corrected chi connectivity index (χ3v) is 3.02. The Kier molecular flexibility index (Phi) is 4.46. The van der Waals surface area contributed by atoms with E-state index in [0.29, 0.717) is 18.7 Å². The molecule has 0 unspecified atom stereocenters. The Morgan fingerprint density at radius 3 is 2.50 bits per heavy atom. The molecular weight excluding hydrogens is 226 g/mol. The zero-order chi connectivity index (χ0) is 13.9. The minimum Gasteiger partial charge on any atom is -0.341 e. The van der Waals surface area contributed by atoms with Gasteiger partial charge < -0.3 is 10.6 Å². The lowest BCUT2D eigenvalue weighted by Gasteiger charge is -2.29. The smallest absolute Gasteiger partial charge is 0.255 e. The van der Waals surface area contributed by atoms with E-state index in [9.17, 15) is 4.79 Å². The molecule has 1 amide bonds. The number of carbonyl (C=O) groups excluding carboxylic acids is 1. The van der Waals surface area contributed by atoms with Gasteiger partial charge in [0.25, 0.3) is 5.91 Å². The van der Waals surface area contributed by atoms with E-state index < -0.39 is 0 Å². The van der Waals surface area contributed by atoms with E-state index in [-0.39, 0.29) is 11.3 Å². The number of hydrogen-bond acceptors (Lipinski definition) is 3. The summed E-state index contributed by atoms with van der Waals surface area (Å²) < 4.78 is 0. The highest BCUT2D eigenvalue weighted by molar-refractivity contribution is 5.95. The van der Waals surface area contributed by atoms with Gasteiger partial charge in [-0.2, -0.15) is 0 Å². The molecule has 0 spiro atoms. The first-order valence-corrected chi connectivity index (χ1v) is 6.16. The number of pyridine rings is 1. The van der Waals surface area contributed by atoms with Crippen molar-refractivity contribution in [2.75, 3.05) is 20.1 Å². The van der Waals surface area contributed by atoms with Crippen molar-refractivity contribution in [3.63, 3.8) is 0 Å². The number of nitrogens with two attached hydrogens (primary N) is 1. The minimum absolute atomic E-state index is 0.00141. The Bertz CT molecular complexity index is 441. The van der Waals surface area contributed by atoms with Gasteiger partial charge in [0.1, 0.15) is 0 Å². The van der Waals surface area contributed by atoms with Gasteiger partial charge in [0.2, 0.25) is 0 Å². The van der Waals surface area contributed by atoms with E-state index in [1.165, 1.54) is 0 Å². The lowest BCUT2D eigenvalue weighted by Crippen LogP contribution is -2.40. The van der Waals surface area contributed by atoms with Crippen LogP contribution in [-0.4, -0.2) is 35.9 Å². The van der Waals surface area contributed by atoms with Gasteiger partial charge in [0.05, 0.1) is 11.3 Å². The summed E-state index contributed by atoms with van der Waals surface area (Å²) in [7, 11) is 1.80. The van der Waals surface area contributed by atoms with Crippen LogP contribution in [0.1, 0.15) is 35.6 Å². The van der Waals surface area contributed by atoms with Gasteiger partial charge in [-0.3, -0.25) is 9.78 Å². The standard InChI is InChI=1S/C14H23N3O/c1-10-6-7-12(11(2)16-10)13(18)17(5)9-14(3,4)8-15/h6-7H,8-9,15H2,1-5H3. The molecule has 0 radical (unpaired) electrons. The first-order chi connectivity index (χ1) is 8.26. The number of carbonyl (C=O) groups is 1. The van der Waals surface area contributed by atoms with Gasteiger partial charge in [0.15, 0.2) is 0 Å². The van der Waals surface area contributed by atoms with Crippen molar-refractivity contribution >= 4 is 5.91 Å². The van der Waals surface area contributed by atoms with Crippen molar-refractivity contribution in [2.45, 2.75) is 27.7 Å². The number of amides is 1. The van der Waals surface area contributed by atoms with E-state index in [1.54, 1.807) is 11.9 Å². The summed E-state index contributed by atoms with van der Waals surface area (Å²) in [6.45, 7) is 9.07. The van der Waals surface area contributed by atoms with Crippen molar-refractivity contribution in [2.24, 2.45) is 11.1 Å². The number of aromatic nitrogens is 1. The molecule has 4 heteroatoms. The summed E-state index contributed by atoms with van der Waals surface area (Å²) >= 11 is 0. The first-order valence-electron chi connectivity index (χ1n) is 6.16. The van der Waals surface area contributed by atoms with Crippen LogP contribution >= 0.6 is 0 Å². The van der Waals surface area contributed by atoms with Crippen LogP contribution in [0.5, 0.6) is 0 Å². The van der Waals surface area contributed by atoms with Crippen molar-refractivity contribution in [1.82, 2.24) is 9.88 Å². The van der Waals surface area contributed by atoms with Crippen molar-refractivity contribution in [3.05, 3.63) is 29.1 Å². The predicted octanol–water partition coefficient (Wildman–Crippen LogP) is 1.76. The van der Waals surface area contributed by atoms with Crippen LogP contribution in [0.4, 0.5) is 0 Å². The van der Waals surface area contributed by atoms with Crippen LogP contribution in [0.15, 0.2) is 12.1 Å². The Morgan fingerprint density at radius 1 is 1.39 bits per heavy atom. The van der Waals surface area contributed by atoms with Crippen LogP contribution in [0.25, 0.3) is 0 Å². The molecule has 18 heavy (non-hydrogen) atoms. The van der Waals surface area contributed by atoms with E-state index in [4.69, 9.17) is 5.73 Å². The van der Waals surface area contributed by atoms with Crippen molar-refractivity contribution in [3.8, 4) is 0 Å². The molecule has 100 valence electrons. The summed E-state index contributed by atoms with van der Waals surface area (Å²) in [5.41, 5.74) is 7.98. The SMILES string of the molecule is Cc1ccc(C(=O)N(C)CC(C)(C)CN)c(C)n1. The molecule has 0 aliphatic heterocycles. The third-order valence-electron chi connectivity index (χ3n) is 3.02. The number of aryl methyl sites for hydroxylation is 2. The summed E-state index contributed by atoms with van der Waals surface area (Å²) in [4.78, 5) is 18.4. The van der Waals surface area contributed by atoms with E-state index in [2.05, 4.69) is 18.8 Å². The second-order valence-electron chi connectivity index (χ2n) is 5.62. The van der Waals surface area contributed by atoms with Crippen LogP contribution in [0.2, 0.25) is 0 Å². The van der Waals surface area contributed by atoms with E-state index in [0.717, 1.165) is 11.4 Å². The zero-order valence-corrected chi connectivity index (χ0v) is 11.9. The van der Waals surface area contributed by atoms with Crippen LogP contribution in [-0.2, 0) is 0 Å². The summed E-state index contributed by atoms with van der Waals surface area (Å²) in [5.74, 6) is 0.00141. The van der Waals surface area contributed by atoms with E-state index >= 15 is 0 Å². The molecule has 1 heterocycles. The fraction of sp³-hybridized carbons (Fsp3) is 0.571. The van der Waals surface area contributed by atoms with Crippen molar-refractivity contribution in [1.29, 1.82) is 0 Å². The molecule has 1 aromatic heterocycles. The molecule has 0 aliphatic rings. The van der Waals surface area contributed by atoms with Gasteiger partial charge in [-0.1, -0.05) is 13.8 Å². The maximum absolute atomic E-state index is 12.3. The molecule has 1 aromatic rings. The molecule has 0 saturated carbocycles. The average molecular weight is 249 g/mol. The largest absolute Gasteiger partial charge is 0.341 e. The molecule has 0 atom stereocenters. The first kappa shape index (κ1) is 14.6. The van der Waals surface area contributed by atoms with E-state index in [1.807, 2.05) is 26.0 Å². The highest BCUT2D eigenvalue weighted by Gasteiger charge is 2.22. The molecule has 4 nitrogen and oxygen atoms in total. The molecule has 1 rings (SSSR count). The number of hydrogen-bond donors (Lipinski definition) is 1. The molecule has 0 saturated heterocycles. The number of rotatable bonds is 4. The Morgan fingerprint density at radius 2 is 2.00 bits per heavy atom.